The van der Waals surface area contributed by atoms with E-state index in [4.69, 9.17) is 5.11 Å². The molecule has 0 aliphatic carbocycles. The molecule has 1 fully saturated rings. The summed E-state index contributed by atoms with van der Waals surface area (Å²) >= 11 is 0. The van der Waals surface area contributed by atoms with Crippen molar-refractivity contribution in [3.63, 3.8) is 0 Å². The van der Waals surface area contributed by atoms with Gasteiger partial charge in [-0.1, -0.05) is 12.8 Å². The van der Waals surface area contributed by atoms with Crippen LogP contribution in [0.25, 0.3) is 0 Å². The van der Waals surface area contributed by atoms with Crippen molar-refractivity contribution in [2.24, 2.45) is 0 Å². The van der Waals surface area contributed by atoms with E-state index in [0.717, 1.165) is 30.5 Å². The van der Waals surface area contributed by atoms with Gasteiger partial charge >= 0.3 is 0 Å². The third kappa shape index (κ3) is 3.57. The summed E-state index contributed by atoms with van der Waals surface area (Å²) in [6.07, 6.45) is 5.11. The molecule has 1 saturated heterocycles. The molecule has 0 radical (unpaired) electrons. The van der Waals surface area contributed by atoms with Crippen LogP contribution in [0.2, 0.25) is 0 Å². The summed E-state index contributed by atoms with van der Waals surface area (Å²) in [4.78, 5) is 11.2. The molecule has 2 heterocycles. The average Bonchev–Trinajstić information content (AvgIpc) is 2.64. The van der Waals surface area contributed by atoms with Gasteiger partial charge in [0.25, 0.3) is 0 Å². The van der Waals surface area contributed by atoms with Crippen molar-refractivity contribution in [3.05, 3.63) is 11.9 Å². The fraction of sp³-hybridized carbons (Fsp3) is 0.692. The fourth-order valence-electron chi connectivity index (χ4n) is 2.29. The Labute approximate surface area is 108 Å². The monoisotopic (exact) mass is 250 g/mol. The van der Waals surface area contributed by atoms with E-state index in [0.29, 0.717) is 6.54 Å². The van der Waals surface area contributed by atoms with Gasteiger partial charge in [-0.2, -0.15) is 0 Å². The summed E-state index contributed by atoms with van der Waals surface area (Å²) in [6, 6.07) is 1.98. The third-order valence-corrected chi connectivity index (χ3v) is 3.17. The number of anilines is 2. The summed E-state index contributed by atoms with van der Waals surface area (Å²) < 4.78 is 0. The van der Waals surface area contributed by atoms with Gasteiger partial charge in [0.1, 0.15) is 17.5 Å². The lowest BCUT2D eigenvalue weighted by molar-refractivity contribution is 0.311. The second-order valence-electron chi connectivity index (χ2n) is 4.71. The van der Waals surface area contributed by atoms with Crippen LogP contribution in [-0.4, -0.2) is 41.3 Å². The van der Waals surface area contributed by atoms with E-state index < -0.39 is 0 Å². The molecule has 0 saturated carbocycles. The van der Waals surface area contributed by atoms with E-state index in [1.165, 1.54) is 25.7 Å². The molecule has 0 unspecified atom stereocenters. The van der Waals surface area contributed by atoms with Gasteiger partial charge in [0.05, 0.1) is 6.61 Å². The molecule has 5 nitrogen and oxygen atoms in total. The molecule has 0 atom stereocenters. The minimum absolute atomic E-state index is 0.113. The Hall–Kier alpha value is -1.36. The molecule has 1 aromatic rings. The van der Waals surface area contributed by atoms with Gasteiger partial charge in [0, 0.05) is 25.7 Å². The summed E-state index contributed by atoms with van der Waals surface area (Å²) in [6.45, 7) is 4.70. The van der Waals surface area contributed by atoms with Crippen molar-refractivity contribution < 1.29 is 5.11 Å². The zero-order valence-electron chi connectivity index (χ0n) is 11.0. The Balaban J connectivity index is 2.12. The highest BCUT2D eigenvalue weighted by Gasteiger charge is 2.12. The van der Waals surface area contributed by atoms with Gasteiger partial charge in [0.15, 0.2) is 0 Å². The first-order valence-corrected chi connectivity index (χ1v) is 6.75. The van der Waals surface area contributed by atoms with Crippen molar-refractivity contribution in [1.29, 1.82) is 0 Å². The molecule has 5 heteroatoms. The second kappa shape index (κ2) is 6.54. The predicted octanol–water partition coefficient (Wildman–Crippen LogP) is 1.57. The highest BCUT2D eigenvalue weighted by atomic mass is 16.3. The Morgan fingerprint density at radius 2 is 1.94 bits per heavy atom. The molecule has 1 aliphatic heterocycles. The average molecular weight is 250 g/mol. The summed E-state index contributed by atoms with van der Waals surface area (Å²) in [5, 5.41) is 11.9. The fourth-order valence-corrected chi connectivity index (χ4v) is 2.29. The van der Waals surface area contributed by atoms with Crippen LogP contribution in [0, 0.1) is 6.92 Å². The van der Waals surface area contributed by atoms with Crippen molar-refractivity contribution in [2.45, 2.75) is 32.6 Å². The van der Waals surface area contributed by atoms with Crippen molar-refractivity contribution in [1.82, 2.24) is 9.97 Å². The predicted molar refractivity (Wildman–Crippen MR) is 73.0 cm³/mol. The number of rotatable bonds is 4. The van der Waals surface area contributed by atoms with Gasteiger partial charge in [-0.3, -0.25) is 0 Å². The van der Waals surface area contributed by atoms with Crippen molar-refractivity contribution >= 4 is 11.6 Å². The minimum atomic E-state index is 0.113. The number of aryl methyl sites for hydroxylation is 1. The quantitative estimate of drug-likeness (QED) is 0.849. The Bertz CT molecular complexity index is 375. The van der Waals surface area contributed by atoms with E-state index in [1.54, 1.807) is 0 Å². The number of aliphatic hydroxyl groups excluding tert-OH is 1. The maximum absolute atomic E-state index is 8.84. The number of nitrogens with one attached hydrogen (secondary N) is 1. The maximum Gasteiger partial charge on any atom is 0.134 e. The molecule has 0 spiro atoms. The van der Waals surface area contributed by atoms with Crippen LogP contribution in [-0.2, 0) is 0 Å². The lowest BCUT2D eigenvalue weighted by Gasteiger charge is -2.22. The zero-order valence-corrected chi connectivity index (χ0v) is 11.0. The van der Waals surface area contributed by atoms with E-state index in [1.807, 2.05) is 13.0 Å². The first-order chi connectivity index (χ1) is 8.79. The number of hydrogen-bond acceptors (Lipinski definition) is 5. The van der Waals surface area contributed by atoms with E-state index >= 15 is 0 Å². The Morgan fingerprint density at radius 3 is 2.61 bits per heavy atom. The zero-order chi connectivity index (χ0) is 12.8. The van der Waals surface area contributed by atoms with Crippen LogP contribution < -0.4 is 10.2 Å². The first kappa shape index (κ1) is 13.1. The number of nitrogens with zero attached hydrogens (tertiary/aromatic N) is 3. The number of hydrogen-bond donors (Lipinski definition) is 2. The van der Waals surface area contributed by atoms with Crippen LogP contribution >= 0.6 is 0 Å². The Kier molecular flexibility index (Phi) is 4.75. The summed E-state index contributed by atoms with van der Waals surface area (Å²) in [7, 11) is 0. The normalized spacial score (nSPS) is 16.4. The van der Waals surface area contributed by atoms with Gasteiger partial charge < -0.3 is 15.3 Å². The largest absolute Gasteiger partial charge is 0.395 e. The molecule has 100 valence electrons. The maximum atomic E-state index is 8.84. The molecule has 1 aliphatic rings. The van der Waals surface area contributed by atoms with Gasteiger partial charge in [-0.25, -0.2) is 9.97 Å². The lowest BCUT2D eigenvalue weighted by atomic mass is 10.2. The highest BCUT2D eigenvalue weighted by Crippen LogP contribution is 2.19. The van der Waals surface area contributed by atoms with Crippen molar-refractivity contribution in [2.75, 3.05) is 36.5 Å². The lowest BCUT2D eigenvalue weighted by Crippen LogP contribution is -2.25. The van der Waals surface area contributed by atoms with Crippen LogP contribution in [0.15, 0.2) is 6.07 Å². The van der Waals surface area contributed by atoms with Crippen LogP contribution in [0.5, 0.6) is 0 Å². The van der Waals surface area contributed by atoms with Crippen molar-refractivity contribution in [3.8, 4) is 0 Å². The Morgan fingerprint density at radius 1 is 1.22 bits per heavy atom. The highest BCUT2D eigenvalue weighted by molar-refractivity contribution is 5.49. The summed E-state index contributed by atoms with van der Waals surface area (Å²) in [5.41, 5.74) is 0. The molecule has 0 bridgehead atoms. The minimum Gasteiger partial charge on any atom is -0.395 e. The second-order valence-corrected chi connectivity index (χ2v) is 4.71. The molecule has 0 amide bonds. The molecule has 1 aromatic heterocycles. The van der Waals surface area contributed by atoms with Gasteiger partial charge in [0.2, 0.25) is 0 Å². The molecular formula is C13H22N4O. The molecule has 0 aromatic carbocycles. The van der Waals surface area contributed by atoms with E-state index in [9.17, 15) is 0 Å². The van der Waals surface area contributed by atoms with Gasteiger partial charge in [-0.15, -0.1) is 0 Å². The summed E-state index contributed by atoms with van der Waals surface area (Å²) in [5.74, 6) is 2.58. The third-order valence-electron chi connectivity index (χ3n) is 3.17. The van der Waals surface area contributed by atoms with Crippen LogP contribution in [0.3, 0.4) is 0 Å². The first-order valence-electron chi connectivity index (χ1n) is 6.75. The van der Waals surface area contributed by atoms with Crippen LogP contribution in [0.1, 0.15) is 31.5 Å². The number of aliphatic hydroxyl groups is 1. The smallest absolute Gasteiger partial charge is 0.134 e. The molecule has 2 N–H and O–H groups in total. The molecule has 2 rings (SSSR count). The van der Waals surface area contributed by atoms with E-state index in [-0.39, 0.29) is 6.61 Å². The SMILES string of the molecule is Cc1nc(NCCO)cc(N2CCCCCC2)n1. The standard InChI is InChI=1S/C13H22N4O/c1-11-15-12(14-6-9-18)10-13(16-11)17-7-4-2-3-5-8-17/h10,18H,2-9H2,1H3,(H,14,15,16). The molecule has 18 heavy (non-hydrogen) atoms. The topological polar surface area (TPSA) is 61.3 Å². The number of aromatic nitrogens is 2. The van der Waals surface area contributed by atoms with E-state index in [2.05, 4.69) is 20.2 Å². The van der Waals surface area contributed by atoms with Gasteiger partial charge in [-0.05, 0) is 19.8 Å². The van der Waals surface area contributed by atoms with Crippen LogP contribution in [0.4, 0.5) is 11.6 Å². The molecular weight excluding hydrogens is 228 g/mol.